The highest BCUT2D eigenvalue weighted by molar-refractivity contribution is 5.81. The van der Waals surface area contributed by atoms with Gasteiger partial charge in [-0.25, -0.2) is 0 Å². The van der Waals surface area contributed by atoms with Gasteiger partial charge in [-0.15, -0.1) is 0 Å². The molecule has 0 unspecified atom stereocenters. The molecule has 1 aliphatic heterocycles. The van der Waals surface area contributed by atoms with Gasteiger partial charge in [0.2, 0.25) is 5.91 Å². The van der Waals surface area contributed by atoms with Crippen LogP contribution in [0.3, 0.4) is 0 Å². The van der Waals surface area contributed by atoms with Gasteiger partial charge in [0.25, 0.3) is 0 Å². The molecular formula is C22H29NO2. The van der Waals surface area contributed by atoms with Gasteiger partial charge in [0.05, 0.1) is 5.60 Å². The minimum atomic E-state index is -0.603. The Kier molecular flexibility index (Phi) is 3.38. The van der Waals surface area contributed by atoms with Crippen LogP contribution in [0.5, 0.6) is 0 Å². The van der Waals surface area contributed by atoms with Gasteiger partial charge in [0.15, 0.2) is 0 Å². The average Bonchev–Trinajstić information content (AvgIpc) is 3.29. The molecule has 0 bridgehead atoms. The number of carbonyl (C=O) groups excluding carboxylic acids is 1. The molecule has 3 heteroatoms. The Morgan fingerprint density at radius 1 is 1.00 bits per heavy atom. The first kappa shape index (κ1) is 15.9. The van der Waals surface area contributed by atoms with Crippen LogP contribution in [0, 0.1) is 11.3 Å². The van der Waals surface area contributed by atoms with Crippen LogP contribution in [0.2, 0.25) is 0 Å². The standard InChI is InChI=1S/C22H29NO2/c1-21(25)10-19(11-21)20(24)23-13-22(14-23)9-8-18(12-22)17-6-4-16(5-7-17)15-2-3-15/h4-7,15,18-19,25H,2-3,8-14H2,1H3/t18-,19?,21?/m1/s1. The molecule has 1 saturated heterocycles. The van der Waals surface area contributed by atoms with Crippen LogP contribution < -0.4 is 0 Å². The fraction of sp³-hybridized carbons (Fsp3) is 0.682. The summed E-state index contributed by atoms with van der Waals surface area (Å²) in [6.45, 7) is 3.73. The van der Waals surface area contributed by atoms with Gasteiger partial charge in [0.1, 0.15) is 0 Å². The predicted molar refractivity (Wildman–Crippen MR) is 97.4 cm³/mol. The molecule has 1 heterocycles. The molecule has 3 nitrogen and oxygen atoms in total. The third-order valence-corrected chi connectivity index (χ3v) is 7.24. The SMILES string of the molecule is CC1(O)CC(C(=O)N2CC3(CC[C@@H](c4ccc(C5CC5)cc4)C3)C2)C1. The molecule has 1 atom stereocenters. The number of amides is 1. The first-order valence-corrected chi connectivity index (χ1v) is 10.0. The lowest BCUT2D eigenvalue weighted by atomic mass is 9.69. The molecule has 25 heavy (non-hydrogen) atoms. The van der Waals surface area contributed by atoms with Crippen molar-refractivity contribution in [1.82, 2.24) is 4.90 Å². The molecule has 5 rings (SSSR count). The van der Waals surface area contributed by atoms with E-state index in [4.69, 9.17) is 0 Å². The van der Waals surface area contributed by atoms with Gasteiger partial charge in [-0.1, -0.05) is 24.3 Å². The molecule has 1 amide bonds. The molecule has 4 fully saturated rings. The predicted octanol–water partition coefficient (Wildman–Crippen LogP) is 3.82. The summed E-state index contributed by atoms with van der Waals surface area (Å²) in [5.41, 5.74) is 2.80. The highest BCUT2D eigenvalue weighted by atomic mass is 16.3. The van der Waals surface area contributed by atoms with E-state index < -0.39 is 5.60 Å². The summed E-state index contributed by atoms with van der Waals surface area (Å²) >= 11 is 0. The van der Waals surface area contributed by atoms with E-state index in [0.29, 0.717) is 24.2 Å². The van der Waals surface area contributed by atoms with Crippen LogP contribution >= 0.6 is 0 Å². The van der Waals surface area contributed by atoms with Crippen molar-refractivity contribution in [3.8, 4) is 0 Å². The normalized spacial score (nSPS) is 36.2. The minimum absolute atomic E-state index is 0.0690. The van der Waals surface area contributed by atoms with Crippen molar-refractivity contribution >= 4 is 5.91 Å². The van der Waals surface area contributed by atoms with E-state index >= 15 is 0 Å². The zero-order valence-electron chi connectivity index (χ0n) is 15.2. The number of hydrogen-bond acceptors (Lipinski definition) is 2. The molecule has 0 aromatic heterocycles. The second kappa shape index (κ2) is 5.33. The zero-order chi connectivity index (χ0) is 17.2. The van der Waals surface area contributed by atoms with Crippen LogP contribution in [-0.2, 0) is 4.79 Å². The van der Waals surface area contributed by atoms with Crippen molar-refractivity contribution in [1.29, 1.82) is 0 Å². The number of carbonyl (C=O) groups is 1. The number of hydrogen-bond donors (Lipinski definition) is 1. The monoisotopic (exact) mass is 339 g/mol. The summed E-state index contributed by atoms with van der Waals surface area (Å²) in [5.74, 6) is 1.87. The largest absolute Gasteiger partial charge is 0.390 e. The summed E-state index contributed by atoms with van der Waals surface area (Å²) in [4.78, 5) is 14.6. The van der Waals surface area contributed by atoms with E-state index in [9.17, 15) is 9.90 Å². The van der Waals surface area contributed by atoms with Gasteiger partial charge >= 0.3 is 0 Å². The van der Waals surface area contributed by atoms with E-state index in [1.807, 2.05) is 6.92 Å². The second-order valence-electron chi connectivity index (χ2n) is 9.68. The third-order valence-electron chi connectivity index (χ3n) is 7.24. The van der Waals surface area contributed by atoms with E-state index in [2.05, 4.69) is 29.2 Å². The summed E-state index contributed by atoms with van der Waals surface area (Å²) in [5, 5.41) is 9.86. The van der Waals surface area contributed by atoms with Crippen LogP contribution in [0.15, 0.2) is 24.3 Å². The highest BCUT2D eigenvalue weighted by Gasteiger charge is 2.53. The van der Waals surface area contributed by atoms with Crippen LogP contribution in [0.25, 0.3) is 0 Å². The van der Waals surface area contributed by atoms with Crippen molar-refractivity contribution in [3.05, 3.63) is 35.4 Å². The molecule has 3 aliphatic carbocycles. The highest BCUT2D eigenvalue weighted by Crippen LogP contribution is 2.53. The Balaban J connectivity index is 1.17. The van der Waals surface area contributed by atoms with Crippen molar-refractivity contribution in [2.45, 2.75) is 69.3 Å². The number of likely N-dealkylation sites (tertiary alicyclic amines) is 1. The number of rotatable bonds is 3. The quantitative estimate of drug-likeness (QED) is 0.909. The van der Waals surface area contributed by atoms with Crippen LogP contribution in [0.1, 0.15) is 74.8 Å². The molecule has 1 aromatic rings. The number of benzene rings is 1. The molecule has 1 N–H and O–H groups in total. The third kappa shape index (κ3) is 2.81. The second-order valence-corrected chi connectivity index (χ2v) is 9.68. The van der Waals surface area contributed by atoms with E-state index in [1.54, 1.807) is 0 Å². The Morgan fingerprint density at radius 3 is 2.16 bits per heavy atom. The van der Waals surface area contributed by atoms with E-state index in [-0.39, 0.29) is 11.8 Å². The number of nitrogens with zero attached hydrogens (tertiary/aromatic N) is 1. The van der Waals surface area contributed by atoms with Crippen molar-refractivity contribution in [2.24, 2.45) is 11.3 Å². The minimum Gasteiger partial charge on any atom is -0.390 e. The fourth-order valence-corrected chi connectivity index (χ4v) is 5.59. The Labute approximate surface area is 150 Å². The maximum atomic E-state index is 12.5. The molecule has 4 aliphatic rings. The molecule has 3 saturated carbocycles. The van der Waals surface area contributed by atoms with Crippen LogP contribution in [-0.4, -0.2) is 34.6 Å². The topological polar surface area (TPSA) is 40.5 Å². The maximum Gasteiger partial charge on any atom is 0.225 e. The Bertz CT molecular complexity index is 674. The van der Waals surface area contributed by atoms with Gasteiger partial charge in [-0.05, 0) is 74.8 Å². The molecular weight excluding hydrogens is 310 g/mol. The lowest BCUT2D eigenvalue weighted by Gasteiger charge is -2.52. The van der Waals surface area contributed by atoms with Gasteiger partial charge in [0, 0.05) is 24.4 Å². The Morgan fingerprint density at radius 2 is 1.60 bits per heavy atom. The van der Waals surface area contributed by atoms with E-state index in [0.717, 1.165) is 19.0 Å². The summed E-state index contributed by atoms with van der Waals surface area (Å²) in [7, 11) is 0. The molecule has 0 radical (unpaired) electrons. The smallest absolute Gasteiger partial charge is 0.225 e. The van der Waals surface area contributed by atoms with Crippen molar-refractivity contribution in [2.75, 3.05) is 13.1 Å². The maximum absolute atomic E-state index is 12.5. The number of aliphatic hydroxyl groups is 1. The lowest BCUT2D eigenvalue weighted by molar-refractivity contribution is -0.161. The average molecular weight is 339 g/mol. The summed E-state index contributed by atoms with van der Waals surface area (Å²) < 4.78 is 0. The van der Waals surface area contributed by atoms with Gasteiger partial charge in [-0.3, -0.25) is 4.79 Å². The van der Waals surface area contributed by atoms with Gasteiger partial charge < -0.3 is 10.0 Å². The molecule has 1 spiro atoms. The fourth-order valence-electron chi connectivity index (χ4n) is 5.59. The lowest BCUT2D eigenvalue weighted by Crippen LogP contribution is -2.61. The summed E-state index contributed by atoms with van der Waals surface area (Å²) in [6, 6.07) is 9.40. The Hall–Kier alpha value is -1.35. The first-order valence-electron chi connectivity index (χ1n) is 10.0. The molecule has 1 aromatic carbocycles. The van der Waals surface area contributed by atoms with Crippen LogP contribution in [0.4, 0.5) is 0 Å². The molecule has 134 valence electrons. The van der Waals surface area contributed by atoms with E-state index in [1.165, 1.54) is 43.2 Å². The summed E-state index contributed by atoms with van der Waals surface area (Å²) in [6.07, 6.45) is 7.79. The van der Waals surface area contributed by atoms with Crippen molar-refractivity contribution in [3.63, 3.8) is 0 Å². The van der Waals surface area contributed by atoms with Crippen molar-refractivity contribution < 1.29 is 9.90 Å². The zero-order valence-corrected chi connectivity index (χ0v) is 15.2. The first-order chi connectivity index (χ1) is 11.9. The van der Waals surface area contributed by atoms with Gasteiger partial charge in [-0.2, -0.15) is 0 Å².